The molecule has 1 saturated heterocycles. The molecule has 1 aliphatic heterocycles. The van der Waals surface area contributed by atoms with E-state index in [1.165, 1.54) is 22.5 Å². The van der Waals surface area contributed by atoms with Gasteiger partial charge in [-0.2, -0.15) is 4.31 Å². The van der Waals surface area contributed by atoms with Crippen LogP contribution in [0.4, 0.5) is 0 Å². The minimum Gasteiger partial charge on any atom is -0.352 e. The van der Waals surface area contributed by atoms with Gasteiger partial charge in [-0.15, -0.1) is 0 Å². The first-order valence-corrected chi connectivity index (χ1v) is 12.6. The molecule has 0 unspecified atom stereocenters. The summed E-state index contributed by atoms with van der Waals surface area (Å²) in [4.78, 5) is 12.7. The van der Waals surface area contributed by atoms with Crippen LogP contribution in [0.1, 0.15) is 29.6 Å². The van der Waals surface area contributed by atoms with Gasteiger partial charge in [0.1, 0.15) is 0 Å². The molecule has 0 bridgehead atoms. The highest BCUT2D eigenvalue weighted by atomic mass is 32.2. The van der Waals surface area contributed by atoms with Crippen molar-refractivity contribution in [3.05, 3.63) is 60.2 Å². The predicted molar refractivity (Wildman–Crippen MR) is 110 cm³/mol. The summed E-state index contributed by atoms with van der Waals surface area (Å²) >= 11 is 0. The first-order valence-electron chi connectivity index (χ1n) is 9.47. The Kier molecular flexibility index (Phi) is 6.71. The fourth-order valence-corrected chi connectivity index (χ4v) is 6.08. The molecule has 0 aliphatic carbocycles. The second-order valence-corrected chi connectivity index (χ2v) is 10.9. The van der Waals surface area contributed by atoms with Crippen molar-refractivity contribution in [2.45, 2.75) is 29.1 Å². The Morgan fingerprint density at radius 2 is 1.55 bits per heavy atom. The van der Waals surface area contributed by atoms with Crippen LogP contribution in [0.2, 0.25) is 0 Å². The van der Waals surface area contributed by atoms with E-state index in [2.05, 4.69) is 5.32 Å². The van der Waals surface area contributed by atoms with Crippen LogP contribution in [-0.2, 0) is 19.9 Å². The van der Waals surface area contributed by atoms with Gasteiger partial charge in [0.05, 0.1) is 15.5 Å². The summed E-state index contributed by atoms with van der Waals surface area (Å²) < 4.78 is 51.2. The molecule has 0 saturated carbocycles. The molecule has 9 heteroatoms. The molecule has 1 amide bonds. The molecule has 2 aromatic carbocycles. The highest BCUT2D eigenvalue weighted by molar-refractivity contribution is 7.91. The van der Waals surface area contributed by atoms with Crippen LogP contribution in [0.15, 0.2) is 64.4 Å². The standard InChI is InChI=1S/C20H24N2O5S2/c23-20(21-12-7-15-28(24,25)18-9-2-1-3-10-18)17-8-6-11-19(16-17)29(26,27)22-13-4-5-14-22/h1-3,6,8-11,16H,4-5,7,12-15H2,(H,21,23). The number of nitrogens with zero attached hydrogens (tertiary/aromatic N) is 1. The number of sulfone groups is 1. The molecule has 7 nitrogen and oxygen atoms in total. The minimum atomic E-state index is -3.60. The maximum absolute atomic E-state index is 12.6. The van der Waals surface area contributed by atoms with Crippen molar-refractivity contribution in [1.82, 2.24) is 9.62 Å². The van der Waals surface area contributed by atoms with Crippen molar-refractivity contribution < 1.29 is 21.6 Å². The average Bonchev–Trinajstić information content (AvgIpc) is 3.28. The van der Waals surface area contributed by atoms with E-state index >= 15 is 0 Å². The molecule has 0 radical (unpaired) electrons. The molecule has 29 heavy (non-hydrogen) atoms. The molecule has 0 spiro atoms. The van der Waals surface area contributed by atoms with Gasteiger partial charge in [-0.05, 0) is 49.6 Å². The summed E-state index contributed by atoms with van der Waals surface area (Å²) in [5.41, 5.74) is 0.233. The van der Waals surface area contributed by atoms with Crippen molar-refractivity contribution in [3.8, 4) is 0 Å². The van der Waals surface area contributed by atoms with E-state index in [-0.39, 0.29) is 34.1 Å². The van der Waals surface area contributed by atoms with Gasteiger partial charge in [0.2, 0.25) is 10.0 Å². The van der Waals surface area contributed by atoms with Gasteiger partial charge in [-0.25, -0.2) is 16.8 Å². The quantitative estimate of drug-likeness (QED) is 0.639. The number of hydrogen-bond donors (Lipinski definition) is 1. The monoisotopic (exact) mass is 436 g/mol. The van der Waals surface area contributed by atoms with Crippen LogP contribution >= 0.6 is 0 Å². The first-order chi connectivity index (χ1) is 13.8. The van der Waals surface area contributed by atoms with E-state index in [1.54, 1.807) is 36.4 Å². The Hall–Kier alpha value is -2.23. The molecular formula is C20H24N2O5S2. The number of nitrogens with one attached hydrogen (secondary N) is 1. The first kappa shape index (κ1) is 21.5. The van der Waals surface area contributed by atoms with Crippen LogP contribution in [0, 0.1) is 0 Å². The van der Waals surface area contributed by atoms with Gasteiger partial charge < -0.3 is 5.32 Å². The highest BCUT2D eigenvalue weighted by Crippen LogP contribution is 2.21. The maximum Gasteiger partial charge on any atom is 0.251 e. The third-order valence-corrected chi connectivity index (χ3v) is 8.49. The number of carbonyl (C=O) groups excluding carboxylic acids is 1. The third-order valence-electron chi connectivity index (χ3n) is 4.78. The molecule has 156 valence electrons. The largest absolute Gasteiger partial charge is 0.352 e. The number of sulfonamides is 1. The Morgan fingerprint density at radius 1 is 0.897 bits per heavy atom. The zero-order valence-electron chi connectivity index (χ0n) is 16.0. The molecule has 2 aromatic rings. The lowest BCUT2D eigenvalue weighted by Crippen LogP contribution is -2.29. The van der Waals surface area contributed by atoms with Crippen LogP contribution in [0.25, 0.3) is 0 Å². The van der Waals surface area contributed by atoms with E-state index in [4.69, 9.17) is 0 Å². The zero-order chi connectivity index (χ0) is 20.9. The summed E-state index contributed by atoms with van der Waals surface area (Å²) in [5.74, 6) is -0.513. The van der Waals surface area contributed by atoms with Crippen molar-refractivity contribution in [1.29, 1.82) is 0 Å². The SMILES string of the molecule is O=C(NCCCS(=O)(=O)c1ccccc1)c1cccc(S(=O)(=O)N2CCCC2)c1. The van der Waals surface area contributed by atoms with Crippen LogP contribution in [0.3, 0.4) is 0 Å². The Bertz CT molecular complexity index is 1060. The molecular weight excluding hydrogens is 412 g/mol. The van der Waals surface area contributed by atoms with E-state index in [0.717, 1.165) is 12.8 Å². The van der Waals surface area contributed by atoms with E-state index in [9.17, 15) is 21.6 Å². The molecule has 1 fully saturated rings. The van der Waals surface area contributed by atoms with Gasteiger partial charge >= 0.3 is 0 Å². The van der Waals surface area contributed by atoms with Crippen molar-refractivity contribution >= 4 is 25.8 Å². The van der Waals surface area contributed by atoms with Gasteiger partial charge in [-0.3, -0.25) is 4.79 Å². The second kappa shape index (κ2) is 9.06. The molecule has 1 N–H and O–H groups in total. The number of hydrogen-bond acceptors (Lipinski definition) is 5. The molecule has 1 heterocycles. The lowest BCUT2D eigenvalue weighted by molar-refractivity contribution is 0.0953. The third kappa shape index (κ3) is 5.23. The molecule has 0 aromatic heterocycles. The summed E-state index contributed by atoms with van der Waals surface area (Å²) in [6.45, 7) is 1.16. The number of benzene rings is 2. The second-order valence-electron chi connectivity index (χ2n) is 6.88. The Balaban J connectivity index is 1.57. The Morgan fingerprint density at radius 3 is 2.24 bits per heavy atom. The van der Waals surface area contributed by atoms with Gasteiger partial charge in [-0.1, -0.05) is 24.3 Å². The zero-order valence-corrected chi connectivity index (χ0v) is 17.6. The number of rotatable bonds is 8. The lowest BCUT2D eigenvalue weighted by Gasteiger charge is -2.16. The predicted octanol–water partition coefficient (Wildman–Crippen LogP) is 2.06. The van der Waals surface area contributed by atoms with Gasteiger partial charge in [0.25, 0.3) is 5.91 Å². The van der Waals surface area contributed by atoms with Crippen molar-refractivity contribution in [3.63, 3.8) is 0 Å². The van der Waals surface area contributed by atoms with E-state index in [0.29, 0.717) is 13.1 Å². The minimum absolute atomic E-state index is 0.0827. The topological polar surface area (TPSA) is 101 Å². The summed E-state index contributed by atoms with van der Waals surface area (Å²) in [6.07, 6.45) is 1.94. The Labute approximate surface area is 171 Å². The molecule has 0 atom stereocenters. The highest BCUT2D eigenvalue weighted by Gasteiger charge is 2.27. The van der Waals surface area contributed by atoms with Gasteiger partial charge in [0, 0.05) is 25.2 Å². The van der Waals surface area contributed by atoms with E-state index < -0.39 is 25.8 Å². The van der Waals surface area contributed by atoms with Crippen molar-refractivity contribution in [2.75, 3.05) is 25.4 Å². The van der Waals surface area contributed by atoms with Crippen LogP contribution in [0.5, 0.6) is 0 Å². The van der Waals surface area contributed by atoms with Gasteiger partial charge in [0.15, 0.2) is 9.84 Å². The van der Waals surface area contributed by atoms with Crippen molar-refractivity contribution in [2.24, 2.45) is 0 Å². The average molecular weight is 437 g/mol. The maximum atomic E-state index is 12.6. The van der Waals surface area contributed by atoms with Crippen LogP contribution < -0.4 is 5.32 Å². The summed E-state index contributed by atoms with van der Waals surface area (Å²) in [5, 5.41) is 2.66. The fraction of sp³-hybridized carbons (Fsp3) is 0.350. The lowest BCUT2D eigenvalue weighted by atomic mass is 10.2. The molecule has 3 rings (SSSR count). The fourth-order valence-electron chi connectivity index (χ4n) is 3.19. The normalized spacial score (nSPS) is 15.3. The van der Waals surface area contributed by atoms with E-state index in [1.807, 2.05) is 0 Å². The number of carbonyl (C=O) groups is 1. The smallest absolute Gasteiger partial charge is 0.251 e. The summed E-state index contributed by atoms with van der Waals surface area (Å²) in [6, 6.07) is 14.1. The summed E-state index contributed by atoms with van der Waals surface area (Å²) in [7, 11) is -6.99. The number of amides is 1. The molecule has 1 aliphatic rings. The van der Waals surface area contributed by atoms with Crippen LogP contribution in [-0.4, -0.2) is 52.4 Å².